The Bertz CT molecular complexity index is 727. The number of amides is 1. The Balaban J connectivity index is 1.84. The molecule has 0 saturated carbocycles. The molecule has 0 unspecified atom stereocenters. The predicted molar refractivity (Wildman–Crippen MR) is 80.4 cm³/mol. The quantitative estimate of drug-likeness (QED) is 0.845. The van der Waals surface area contributed by atoms with Gasteiger partial charge in [-0.25, -0.2) is 9.37 Å². The van der Waals surface area contributed by atoms with E-state index in [1.807, 2.05) is 13.8 Å². The summed E-state index contributed by atoms with van der Waals surface area (Å²) in [5, 5.41) is 0.339. The Morgan fingerprint density at radius 3 is 2.95 bits per heavy atom. The van der Waals surface area contributed by atoms with E-state index in [1.54, 1.807) is 4.90 Å². The van der Waals surface area contributed by atoms with Gasteiger partial charge in [0.2, 0.25) is 0 Å². The first-order valence-corrected chi connectivity index (χ1v) is 7.56. The molecule has 22 heavy (non-hydrogen) atoms. The summed E-state index contributed by atoms with van der Waals surface area (Å²) in [5.74, 6) is 0.746. The van der Waals surface area contributed by atoms with E-state index in [-0.39, 0.29) is 17.4 Å². The second-order valence-electron chi connectivity index (χ2n) is 5.68. The fourth-order valence-electron chi connectivity index (χ4n) is 2.47. The van der Waals surface area contributed by atoms with Crippen molar-refractivity contribution in [2.45, 2.75) is 32.7 Å². The molecule has 116 valence electrons. The third-order valence-corrected chi connectivity index (χ3v) is 3.92. The van der Waals surface area contributed by atoms with Crippen molar-refractivity contribution in [3.63, 3.8) is 0 Å². The number of hydrogen-bond acceptors (Lipinski definition) is 3. The van der Waals surface area contributed by atoms with E-state index >= 15 is 0 Å². The average Bonchev–Trinajstić information content (AvgIpc) is 2.92. The number of aromatic nitrogens is 1. The Morgan fingerprint density at radius 1 is 1.45 bits per heavy atom. The zero-order valence-electron chi connectivity index (χ0n) is 12.4. The summed E-state index contributed by atoms with van der Waals surface area (Å²) in [4.78, 5) is 18.5. The first-order chi connectivity index (χ1) is 10.5. The molecule has 3 rings (SSSR count). The number of hydrogen-bond donors (Lipinski definition) is 0. The number of rotatable bonds is 2. The monoisotopic (exact) mass is 322 g/mol. The van der Waals surface area contributed by atoms with E-state index in [0.717, 1.165) is 11.5 Å². The van der Waals surface area contributed by atoms with Crippen LogP contribution in [0, 0.1) is 5.82 Å². The lowest BCUT2D eigenvalue weighted by atomic mass is 10.1. The Kier molecular flexibility index (Phi) is 3.91. The maximum absolute atomic E-state index is 13.8. The van der Waals surface area contributed by atoms with Crippen LogP contribution in [0.1, 0.15) is 47.5 Å². The van der Waals surface area contributed by atoms with Gasteiger partial charge in [-0.15, -0.1) is 0 Å². The first-order valence-electron chi connectivity index (χ1n) is 7.18. The number of oxazole rings is 1. The maximum Gasteiger partial charge on any atom is 0.257 e. The molecule has 4 nitrogen and oxygen atoms in total. The van der Waals surface area contributed by atoms with Crippen LogP contribution in [0.25, 0.3) is 0 Å². The molecule has 1 aliphatic rings. The summed E-state index contributed by atoms with van der Waals surface area (Å²) < 4.78 is 19.5. The minimum Gasteiger partial charge on any atom is -0.445 e. The smallest absolute Gasteiger partial charge is 0.257 e. The Morgan fingerprint density at radius 2 is 2.23 bits per heavy atom. The SMILES string of the molecule is CC(C)c1nc2c(o1)CCN(C(=O)c1cc(Cl)ccc1F)C2. The lowest BCUT2D eigenvalue weighted by Gasteiger charge is -2.25. The van der Waals surface area contributed by atoms with Gasteiger partial charge in [-0.1, -0.05) is 25.4 Å². The molecule has 0 atom stereocenters. The highest BCUT2D eigenvalue weighted by molar-refractivity contribution is 6.31. The third kappa shape index (κ3) is 2.73. The molecule has 6 heteroatoms. The fraction of sp³-hybridized carbons (Fsp3) is 0.375. The second kappa shape index (κ2) is 5.72. The molecular formula is C16H16ClFN2O2. The molecule has 0 spiro atoms. The van der Waals surface area contributed by atoms with Crippen LogP contribution in [-0.4, -0.2) is 22.3 Å². The van der Waals surface area contributed by atoms with Crippen LogP contribution in [-0.2, 0) is 13.0 Å². The molecule has 0 N–H and O–H groups in total. The molecule has 1 aliphatic heterocycles. The predicted octanol–water partition coefficient (Wildman–Crippen LogP) is 3.79. The van der Waals surface area contributed by atoms with Gasteiger partial charge in [0, 0.05) is 23.9 Å². The zero-order valence-corrected chi connectivity index (χ0v) is 13.2. The van der Waals surface area contributed by atoms with Gasteiger partial charge >= 0.3 is 0 Å². The van der Waals surface area contributed by atoms with Crippen LogP contribution in [0.5, 0.6) is 0 Å². The normalized spacial score (nSPS) is 14.3. The van der Waals surface area contributed by atoms with E-state index in [9.17, 15) is 9.18 Å². The van der Waals surface area contributed by atoms with Crippen molar-refractivity contribution in [1.82, 2.24) is 9.88 Å². The molecule has 2 aromatic rings. The Labute approximate surface area is 132 Å². The number of fused-ring (bicyclic) bond motifs is 1. The summed E-state index contributed by atoms with van der Waals surface area (Å²) in [6.45, 7) is 4.81. The first kappa shape index (κ1) is 15.0. The largest absolute Gasteiger partial charge is 0.445 e. The van der Waals surface area contributed by atoms with Crippen LogP contribution in [0.2, 0.25) is 5.02 Å². The van der Waals surface area contributed by atoms with Crippen LogP contribution >= 0.6 is 11.6 Å². The van der Waals surface area contributed by atoms with Crippen molar-refractivity contribution in [2.75, 3.05) is 6.54 Å². The van der Waals surface area contributed by atoms with Gasteiger partial charge in [0.15, 0.2) is 5.89 Å². The minimum absolute atomic E-state index is 0.0106. The van der Waals surface area contributed by atoms with Gasteiger partial charge in [-0.3, -0.25) is 4.79 Å². The van der Waals surface area contributed by atoms with Crippen molar-refractivity contribution >= 4 is 17.5 Å². The molecule has 1 aromatic heterocycles. The van der Waals surface area contributed by atoms with Crippen LogP contribution < -0.4 is 0 Å². The summed E-state index contributed by atoms with van der Waals surface area (Å²) in [7, 11) is 0. The molecule has 0 fully saturated rings. The minimum atomic E-state index is -0.566. The highest BCUT2D eigenvalue weighted by Crippen LogP contribution is 2.25. The topological polar surface area (TPSA) is 46.3 Å². The molecule has 0 radical (unpaired) electrons. The van der Waals surface area contributed by atoms with E-state index in [0.29, 0.717) is 30.4 Å². The lowest BCUT2D eigenvalue weighted by Crippen LogP contribution is -2.36. The average molecular weight is 323 g/mol. The molecular weight excluding hydrogens is 307 g/mol. The summed E-state index contributed by atoms with van der Waals surface area (Å²) >= 11 is 5.85. The lowest BCUT2D eigenvalue weighted by molar-refractivity contribution is 0.0723. The molecule has 1 aromatic carbocycles. The highest BCUT2D eigenvalue weighted by atomic mass is 35.5. The van der Waals surface area contributed by atoms with E-state index in [2.05, 4.69) is 4.98 Å². The third-order valence-electron chi connectivity index (χ3n) is 3.68. The highest BCUT2D eigenvalue weighted by Gasteiger charge is 2.28. The second-order valence-corrected chi connectivity index (χ2v) is 6.11. The van der Waals surface area contributed by atoms with Crippen LogP contribution in [0.15, 0.2) is 22.6 Å². The number of carbonyl (C=O) groups excluding carboxylic acids is 1. The Hall–Kier alpha value is -1.88. The number of nitrogens with zero attached hydrogens (tertiary/aromatic N) is 2. The summed E-state index contributed by atoms with van der Waals surface area (Å²) in [6.07, 6.45) is 0.586. The van der Waals surface area contributed by atoms with Gasteiger partial charge in [0.25, 0.3) is 5.91 Å². The van der Waals surface area contributed by atoms with Crippen LogP contribution in [0.3, 0.4) is 0 Å². The van der Waals surface area contributed by atoms with Gasteiger partial charge in [0.05, 0.1) is 12.1 Å². The molecule has 2 heterocycles. The van der Waals surface area contributed by atoms with Gasteiger partial charge < -0.3 is 9.32 Å². The maximum atomic E-state index is 13.8. The number of halogens is 2. The van der Waals surface area contributed by atoms with E-state index < -0.39 is 5.82 Å². The van der Waals surface area contributed by atoms with E-state index in [4.69, 9.17) is 16.0 Å². The van der Waals surface area contributed by atoms with Crippen molar-refractivity contribution in [2.24, 2.45) is 0 Å². The standard InChI is InChI=1S/C16H16ClFN2O2/c1-9(2)15-19-13-8-20(6-5-14(13)22-15)16(21)11-7-10(17)3-4-12(11)18/h3-4,7,9H,5-6,8H2,1-2H3. The van der Waals surface area contributed by atoms with Gasteiger partial charge in [-0.05, 0) is 18.2 Å². The van der Waals surface area contributed by atoms with Crippen molar-refractivity contribution in [3.8, 4) is 0 Å². The van der Waals surface area contributed by atoms with Gasteiger partial charge in [0.1, 0.15) is 17.3 Å². The van der Waals surface area contributed by atoms with Crippen molar-refractivity contribution < 1.29 is 13.6 Å². The van der Waals surface area contributed by atoms with E-state index in [1.165, 1.54) is 18.2 Å². The van der Waals surface area contributed by atoms with Gasteiger partial charge in [-0.2, -0.15) is 0 Å². The van der Waals surface area contributed by atoms with Crippen molar-refractivity contribution in [1.29, 1.82) is 0 Å². The molecule has 0 bridgehead atoms. The zero-order chi connectivity index (χ0) is 15.9. The molecule has 0 aliphatic carbocycles. The van der Waals surface area contributed by atoms with Crippen LogP contribution in [0.4, 0.5) is 4.39 Å². The summed E-state index contributed by atoms with van der Waals surface area (Å²) in [5.41, 5.74) is 0.745. The fourth-order valence-corrected chi connectivity index (χ4v) is 2.64. The molecule has 1 amide bonds. The number of benzene rings is 1. The summed E-state index contributed by atoms with van der Waals surface area (Å²) in [6, 6.07) is 3.99. The number of carbonyl (C=O) groups is 1. The van der Waals surface area contributed by atoms with Crippen molar-refractivity contribution in [3.05, 3.63) is 51.9 Å². The molecule has 0 saturated heterocycles.